The molecule has 1 saturated heterocycles. The van der Waals surface area contributed by atoms with Crippen LogP contribution >= 0.6 is 11.3 Å². The summed E-state index contributed by atoms with van der Waals surface area (Å²) in [4.78, 5) is 13.7. The molecule has 1 amide bonds. The largest absolute Gasteiger partial charge is 0.411 e. The zero-order valence-corrected chi connectivity index (χ0v) is 12.6. The molecular formula is C14H17F3N2OS. The Balaban J connectivity index is 2.05. The van der Waals surface area contributed by atoms with Crippen molar-refractivity contribution < 1.29 is 18.0 Å². The van der Waals surface area contributed by atoms with Gasteiger partial charge in [0.15, 0.2) is 0 Å². The number of rotatable bonds is 3. The van der Waals surface area contributed by atoms with Crippen LogP contribution in [-0.4, -0.2) is 28.1 Å². The molecule has 116 valence electrons. The van der Waals surface area contributed by atoms with Crippen molar-refractivity contribution in [1.82, 2.24) is 10.2 Å². The van der Waals surface area contributed by atoms with E-state index in [1.807, 2.05) is 12.3 Å². The van der Waals surface area contributed by atoms with Crippen molar-refractivity contribution in [3.8, 4) is 0 Å². The summed E-state index contributed by atoms with van der Waals surface area (Å²) in [6.07, 6.45) is -4.65. The number of thiophene rings is 1. The van der Waals surface area contributed by atoms with Crippen LogP contribution in [0.5, 0.6) is 0 Å². The number of nitrogens with zero attached hydrogens (tertiary/aromatic N) is 1. The lowest BCUT2D eigenvalue weighted by Crippen LogP contribution is -2.52. The molecule has 1 aliphatic heterocycles. The number of nitrogens with one attached hydrogen (secondary N) is 1. The minimum absolute atomic E-state index is 0.00957. The minimum Gasteiger partial charge on any atom is -0.306 e. The molecule has 3 nitrogen and oxygen atoms in total. The fourth-order valence-electron chi connectivity index (χ4n) is 2.95. The Labute approximate surface area is 125 Å². The first-order chi connectivity index (χ1) is 9.75. The van der Waals surface area contributed by atoms with Crippen LogP contribution in [0.25, 0.3) is 0 Å². The molecule has 3 rings (SSSR count). The van der Waals surface area contributed by atoms with Gasteiger partial charge < -0.3 is 4.90 Å². The van der Waals surface area contributed by atoms with Gasteiger partial charge in [-0.15, -0.1) is 0 Å². The van der Waals surface area contributed by atoms with Gasteiger partial charge in [0.1, 0.15) is 11.7 Å². The molecule has 2 heterocycles. The zero-order chi connectivity index (χ0) is 15.5. The second-order valence-electron chi connectivity index (χ2n) is 5.99. The zero-order valence-electron chi connectivity index (χ0n) is 11.8. The van der Waals surface area contributed by atoms with Crippen LogP contribution in [0.1, 0.15) is 44.8 Å². The minimum atomic E-state index is -4.39. The van der Waals surface area contributed by atoms with Gasteiger partial charge >= 0.3 is 6.18 Å². The van der Waals surface area contributed by atoms with Crippen molar-refractivity contribution >= 4 is 17.2 Å². The van der Waals surface area contributed by atoms with Crippen LogP contribution in [0, 0.1) is 0 Å². The first-order valence-electron chi connectivity index (χ1n) is 6.95. The van der Waals surface area contributed by atoms with Gasteiger partial charge in [-0.05, 0) is 48.6 Å². The summed E-state index contributed by atoms with van der Waals surface area (Å²) >= 11 is 1.42. The number of alkyl halides is 3. The quantitative estimate of drug-likeness (QED) is 0.926. The Bertz CT molecular complexity index is 553. The number of carbonyl (C=O) groups excluding carboxylic acids is 1. The summed E-state index contributed by atoms with van der Waals surface area (Å²) in [7, 11) is 0. The second kappa shape index (κ2) is 4.46. The Kier molecular flexibility index (Phi) is 3.15. The molecular weight excluding hydrogens is 301 g/mol. The van der Waals surface area contributed by atoms with E-state index in [4.69, 9.17) is 0 Å². The number of hydrogen-bond acceptors (Lipinski definition) is 3. The molecule has 2 fully saturated rings. The first kappa shape index (κ1) is 14.8. The fraction of sp³-hybridized carbons (Fsp3) is 0.643. The summed E-state index contributed by atoms with van der Waals surface area (Å²) in [6, 6.07) is 1.77. The van der Waals surface area contributed by atoms with Crippen molar-refractivity contribution in [3.63, 3.8) is 0 Å². The van der Waals surface area contributed by atoms with Crippen LogP contribution in [0.15, 0.2) is 16.8 Å². The molecule has 2 aliphatic rings. The topological polar surface area (TPSA) is 32.3 Å². The van der Waals surface area contributed by atoms with Gasteiger partial charge in [0.2, 0.25) is 5.91 Å². The highest BCUT2D eigenvalue weighted by atomic mass is 32.1. The molecule has 21 heavy (non-hydrogen) atoms. The Morgan fingerprint density at radius 1 is 1.48 bits per heavy atom. The predicted molar refractivity (Wildman–Crippen MR) is 73.8 cm³/mol. The maximum absolute atomic E-state index is 13.5. The highest BCUT2D eigenvalue weighted by Gasteiger charge is 2.72. The molecule has 0 aromatic carbocycles. The summed E-state index contributed by atoms with van der Waals surface area (Å²) in [5.74, 6) is -0.448. The second-order valence-corrected chi connectivity index (χ2v) is 6.77. The van der Waals surface area contributed by atoms with Crippen molar-refractivity contribution in [2.45, 2.75) is 56.5 Å². The van der Waals surface area contributed by atoms with E-state index in [0.29, 0.717) is 6.42 Å². The van der Waals surface area contributed by atoms with Gasteiger partial charge in [-0.3, -0.25) is 10.1 Å². The maximum atomic E-state index is 13.5. The van der Waals surface area contributed by atoms with Crippen LogP contribution < -0.4 is 5.32 Å². The number of halogens is 3. The average Bonchev–Trinajstić information content (AvgIpc) is 2.95. The van der Waals surface area contributed by atoms with Crippen LogP contribution in [-0.2, 0) is 4.79 Å². The van der Waals surface area contributed by atoms with Gasteiger partial charge in [0.05, 0.1) is 5.54 Å². The van der Waals surface area contributed by atoms with Crippen molar-refractivity contribution in [1.29, 1.82) is 0 Å². The van der Waals surface area contributed by atoms with Gasteiger partial charge in [-0.2, -0.15) is 24.5 Å². The van der Waals surface area contributed by atoms with E-state index in [1.54, 1.807) is 18.4 Å². The maximum Gasteiger partial charge on any atom is 0.411 e. The molecule has 1 aromatic rings. The molecule has 7 heteroatoms. The van der Waals surface area contributed by atoms with Crippen molar-refractivity contribution in [3.05, 3.63) is 22.4 Å². The monoisotopic (exact) mass is 318 g/mol. The fourth-order valence-corrected chi connectivity index (χ4v) is 3.63. The Morgan fingerprint density at radius 2 is 2.14 bits per heavy atom. The van der Waals surface area contributed by atoms with E-state index in [0.717, 1.165) is 10.5 Å². The average molecular weight is 318 g/mol. The summed E-state index contributed by atoms with van der Waals surface area (Å²) in [5, 5.41) is 6.73. The Morgan fingerprint density at radius 3 is 2.57 bits per heavy atom. The van der Waals surface area contributed by atoms with E-state index in [9.17, 15) is 18.0 Å². The van der Waals surface area contributed by atoms with E-state index in [1.165, 1.54) is 11.3 Å². The SMILES string of the molecule is CCC1(C)NC(c2ccsc2)N(C2(C(F)(F)F)CC2)C1=O. The van der Waals surface area contributed by atoms with Gasteiger partial charge in [0, 0.05) is 0 Å². The molecule has 1 N–H and O–H groups in total. The number of amides is 1. The lowest BCUT2D eigenvalue weighted by molar-refractivity contribution is -0.203. The molecule has 0 spiro atoms. The molecule has 2 unspecified atom stereocenters. The van der Waals surface area contributed by atoms with E-state index in [2.05, 4.69) is 5.32 Å². The van der Waals surface area contributed by atoms with E-state index < -0.39 is 29.3 Å². The van der Waals surface area contributed by atoms with Crippen LogP contribution in [0.4, 0.5) is 13.2 Å². The molecule has 1 aliphatic carbocycles. The Hall–Kier alpha value is -1.08. The lowest BCUT2D eigenvalue weighted by Gasteiger charge is -2.34. The molecule has 1 saturated carbocycles. The van der Waals surface area contributed by atoms with Gasteiger partial charge in [-0.25, -0.2) is 0 Å². The normalized spacial score (nSPS) is 31.8. The van der Waals surface area contributed by atoms with E-state index >= 15 is 0 Å². The van der Waals surface area contributed by atoms with Crippen molar-refractivity contribution in [2.75, 3.05) is 0 Å². The van der Waals surface area contributed by atoms with Crippen molar-refractivity contribution in [2.24, 2.45) is 0 Å². The number of carbonyl (C=O) groups is 1. The highest BCUT2D eigenvalue weighted by molar-refractivity contribution is 7.08. The van der Waals surface area contributed by atoms with Crippen LogP contribution in [0.3, 0.4) is 0 Å². The summed E-state index contributed by atoms with van der Waals surface area (Å²) in [6.45, 7) is 3.49. The highest BCUT2D eigenvalue weighted by Crippen LogP contribution is 2.58. The lowest BCUT2D eigenvalue weighted by atomic mass is 9.98. The third kappa shape index (κ3) is 2.01. The smallest absolute Gasteiger partial charge is 0.306 e. The summed E-state index contributed by atoms with van der Waals surface area (Å²) in [5.41, 5.74) is -2.20. The standard InChI is InChI=1S/C14H17F3N2OS/c1-3-12(2)11(20)19(13(5-6-13)14(15,16)17)10(18-12)9-4-7-21-8-9/h4,7-8,10,18H,3,5-6H2,1-2H3. The third-order valence-electron chi connectivity index (χ3n) is 4.68. The predicted octanol–water partition coefficient (Wildman–Crippen LogP) is 3.44. The van der Waals surface area contributed by atoms with Crippen LogP contribution in [0.2, 0.25) is 0 Å². The summed E-state index contributed by atoms with van der Waals surface area (Å²) < 4.78 is 40.4. The van der Waals surface area contributed by atoms with Gasteiger partial charge in [0.25, 0.3) is 0 Å². The molecule has 2 atom stereocenters. The molecule has 0 radical (unpaired) electrons. The van der Waals surface area contributed by atoms with Gasteiger partial charge in [-0.1, -0.05) is 6.92 Å². The first-order valence-corrected chi connectivity index (χ1v) is 7.90. The third-order valence-corrected chi connectivity index (χ3v) is 5.38. The number of hydrogen-bond donors (Lipinski definition) is 1. The molecule has 1 aromatic heterocycles. The van der Waals surface area contributed by atoms with E-state index in [-0.39, 0.29) is 12.8 Å². The molecule has 0 bridgehead atoms.